The molecule has 0 radical (unpaired) electrons. The molecule has 5 heteroatoms. The first-order valence-electron chi connectivity index (χ1n) is 6.10. The largest absolute Gasteiger partial charge is 0.426 e. The van der Waals surface area contributed by atoms with Crippen molar-refractivity contribution in [1.82, 2.24) is 5.32 Å². The predicted octanol–water partition coefficient (Wildman–Crippen LogP) is 2.17. The lowest BCUT2D eigenvalue weighted by molar-refractivity contribution is -0.132. The molecule has 0 aromatic heterocycles. The molecule has 0 aliphatic carbocycles. The molecule has 0 fully saturated rings. The SMILES string of the molecule is CC(=O)Oc1cc(F)ccc1C(O)CNC(C)(C)C. The molecule has 106 valence electrons. The number of carbonyl (C=O) groups excluding carboxylic acids is 1. The first-order valence-corrected chi connectivity index (χ1v) is 6.10. The van der Waals surface area contributed by atoms with Crippen LogP contribution in [-0.4, -0.2) is 23.2 Å². The Kier molecular flexibility index (Phi) is 5.03. The maximum Gasteiger partial charge on any atom is 0.308 e. The van der Waals surface area contributed by atoms with Crippen molar-refractivity contribution in [3.05, 3.63) is 29.6 Å². The third-order valence-corrected chi connectivity index (χ3v) is 2.41. The minimum atomic E-state index is -0.880. The number of esters is 1. The number of hydrogen-bond acceptors (Lipinski definition) is 4. The minimum Gasteiger partial charge on any atom is -0.426 e. The average Bonchev–Trinajstić information content (AvgIpc) is 2.24. The van der Waals surface area contributed by atoms with E-state index in [-0.39, 0.29) is 17.8 Å². The van der Waals surface area contributed by atoms with Crippen LogP contribution in [-0.2, 0) is 4.79 Å². The monoisotopic (exact) mass is 269 g/mol. The van der Waals surface area contributed by atoms with Gasteiger partial charge in [0.05, 0.1) is 6.10 Å². The standard InChI is InChI=1S/C14H20FNO3/c1-9(17)19-13-7-10(15)5-6-11(13)12(18)8-16-14(2,3)4/h5-7,12,16,18H,8H2,1-4H3. The molecule has 1 aromatic rings. The van der Waals surface area contributed by atoms with Crippen molar-refractivity contribution < 1.29 is 19.0 Å². The number of carbonyl (C=O) groups is 1. The highest BCUT2D eigenvalue weighted by atomic mass is 19.1. The zero-order valence-corrected chi connectivity index (χ0v) is 11.7. The summed E-state index contributed by atoms with van der Waals surface area (Å²) in [5.74, 6) is -1.02. The van der Waals surface area contributed by atoms with Crippen LogP contribution in [0.2, 0.25) is 0 Å². The molecular weight excluding hydrogens is 249 g/mol. The summed E-state index contributed by atoms with van der Waals surface area (Å²) in [6, 6.07) is 3.74. The summed E-state index contributed by atoms with van der Waals surface area (Å²) < 4.78 is 18.1. The van der Waals surface area contributed by atoms with E-state index in [9.17, 15) is 14.3 Å². The number of aliphatic hydroxyl groups excluding tert-OH is 1. The summed E-state index contributed by atoms with van der Waals surface area (Å²) in [6.45, 7) is 7.42. The predicted molar refractivity (Wildman–Crippen MR) is 70.4 cm³/mol. The van der Waals surface area contributed by atoms with Gasteiger partial charge in [-0.3, -0.25) is 4.79 Å². The molecule has 0 bridgehead atoms. The van der Waals surface area contributed by atoms with Gasteiger partial charge >= 0.3 is 5.97 Å². The van der Waals surface area contributed by atoms with Gasteiger partial charge in [0.1, 0.15) is 11.6 Å². The number of rotatable bonds is 4. The minimum absolute atomic E-state index is 0.0516. The van der Waals surface area contributed by atoms with Gasteiger partial charge < -0.3 is 15.2 Å². The summed E-state index contributed by atoms with van der Waals surface area (Å²) in [5.41, 5.74) is 0.233. The lowest BCUT2D eigenvalue weighted by Crippen LogP contribution is -2.38. The summed E-state index contributed by atoms with van der Waals surface area (Å²) in [5, 5.41) is 13.2. The van der Waals surface area contributed by atoms with Crippen molar-refractivity contribution >= 4 is 5.97 Å². The van der Waals surface area contributed by atoms with Crippen LogP contribution in [0.3, 0.4) is 0 Å². The van der Waals surface area contributed by atoms with Crippen molar-refractivity contribution in [2.45, 2.75) is 39.3 Å². The molecule has 0 amide bonds. The van der Waals surface area contributed by atoms with E-state index in [0.29, 0.717) is 5.56 Å². The number of hydrogen-bond donors (Lipinski definition) is 2. The maximum atomic E-state index is 13.1. The third kappa shape index (κ3) is 5.36. The van der Waals surface area contributed by atoms with E-state index in [1.54, 1.807) is 0 Å². The quantitative estimate of drug-likeness (QED) is 0.649. The molecule has 0 heterocycles. The van der Waals surface area contributed by atoms with Gasteiger partial charge in [-0.1, -0.05) is 0 Å². The molecule has 0 saturated carbocycles. The fourth-order valence-electron chi connectivity index (χ4n) is 1.54. The number of halogens is 1. The lowest BCUT2D eigenvalue weighted by Gasteiger charge is -2.23. The van der Waals surface area contributed by atoms with E-state index in [2.05, 4.69) is 5.32 Å². The van der Waals surface area contributed by atoms with Crippen LogP contribution < -0.4 is 10.1 Å². The van der Waals surface area contributed by atoms with E-state index in [4.69, 9.17) is 4.74 Å². The molecule has 2 N–H and O–H groups in total. The molecule has 1 rings (SSSR count). The maximum absolute atomic E-state index is 13.1. The molecule has 0 aliphatic rings. The van der Waals surface area contributed by atoms with Gasteiger partial charge in [-0.15, -0.1) is 0 Å². The highest BCUT2D eigenvalue weighted by Gasteiger charge is 2.18. The van der Waals surface area contributed by atoms with Gasteiger partial charge in [-0.25, -0.2) is 4.39 Å². The summed E-state index contributed by atoms with van der Waals surface area (Å²) >= 11 is 0. The Morgan fingerprint density at radius 2 is 2.11 bits per heavy atom. The van der Waals surface area contributed by atoms with Crippen LogP contribution in [0.15, 0.2) is 18.2 Å². The van der Waals surface area contributed by atoms with Crippen LogP contribution in [0, 0.1) is 5.82 Å². The van der Waals surface area contributed by atoms with Crippen LogP contribution in [0.25, 0.3) is 0 Å². The smallest absolute Gasteiger partial charge is 0.308 e. The van der Waals surface area contributed by atoms with Gasteiger partial charge in [0.25, 0.3) is 0 Å². The summed E-state index contributed by atoms with van der Waals surface area (Å²) in [4.78, 5) is 11.0. The molecule has 0 spiro atoms. The Morgan fingerprint density at radius 1 is 1.47 bits per heavy atom. The molecule has 1 unspecified atom stereocenters. The molecule has 0 saturated heterocycles. The Bertz CT molecular complexity index is 454. The lowest BCUT2D eigenvalue weighted by atomic mass is 10.1. The Balaban J connectivity index is 2.89. The van der Waals surface area contributed by atoms with E-state index >= 15 is 0 Å². The van der Waals surface area contributed by atoms with Crippen LogP contribution >= 0.6 is 0 Å². The number of nitrogens with one attached hydrogen (secondary N) is 1. The fraction of sp³-hybridized carbons (Fsp3) is 0.500. The molecule has 0 aliphatic heterocycles. The van der Waals surface area contributed by atoms with Crippen molar-refractivity contribution in [3.63, 3.8) is 0 Å². The van der Waals surface area contributed by atoms with Gasteiger partial charge in [0.15, 0.2) is 0 Å². The van der Waals surface area contributed by atoms with Crippen LogP contribution in [0.4, 0.5) is 4.39 Å². The fourth-order valence-corrected chi connectivity index (χ4v) is 1.54. The van der Waals surface area contributed by atoms with Crippen LogP contribution in [0.1, 0.15) is 39.4 Å². The number of ether oxygens (including phenoxy) is 1. The molecular formula is C14H20FNO3. The Morgan fingerprint density at radius 3 is 2.63 bits per heavy atom. The highest BCUT2D eigenvalue weighted by Crippen LogP contribution is 2.26. The Labute approximate surface area is 112 Å². The second-order valence-corrected chi connectivity index (χ2v) is 5.42. The van der Waals surface area contributed by atoms with E-state index in [0.717, 1.165) is 6.07 Å². The first-order chi connectivity index (χ1) is 8.69. The summed E-state index contributed by atoms with van der Waals surface area (Å²) in [7, 11) is 0. The Hall–Kier alpha value is -1.46. The third-order valence-electron chi connectivity index (χ3n) is 2.41. The van der Waals surface area contributed by atoms with Crippen molar-refractivity contribution in [2.24, 2.45) is 0 Å². The van der Waals surface area contributed by atoms with E-state index < -0.39 is 17.9 Å². The number of aliphatic hydroxyl groups is 1. The number of benzene rings is 1. The zero-order chi connectivity index (χ0) is 14.6. The van der Waals surface area contributed by atoms with E-state index in [1.165, 1.54) is 19.1 Å². The van der Waals surface area contributed by atoms with Gasteiger partial charge in [0, 0.05) is 30.6 Å². The van der Waals surface area contributed by atoms with Gasteiger partial charge in [-0.2, -0.15) is 0 Å². The molecule has 4 nitrogen and oxygen atoms in total. The second kappa shape index (κ2) is 6.12. The van der Waals surface area contributed by atoms with Gasteiger partial charge in [-0.05, 0) is 32.9 Å². The zero-order valence-electron chi connectivity index (χ0n) is 11.7. The first kappa shape index (κ1) is 15.6. The van der Waals surface area contributed by atoms with E-state index in [1.807, 2.05) is 20.8 Å². The average molecular weight is 269 g/mol. The van der Waals surface area contributed by atoms with Gasteiger partial charge in [0.2, 0.25) is 0 Å². The highest BCUT2D eigenvalue weighted by molar-refractivity contribution is 5.69. The molecule has 1 aromatic carbocycles. The topological polar surface area (TPSA) is 58.6 Å². The van der Waals surface area contributed by atoms with Crippen molar-refractivity contribution in [3.8, 4) is 5.75 Å². The normalized spacial score (nSPS) is 13.2. The van der Waals surface area contributed by atoms with Crippen LogP contribution in [0.5, 0.6) is 5.75 Å². The second-order valence-electron chi connectivity index (χ2n) is 5.42. The summed E-state index contributed by atoms with van der Waals surface area (Å²) in [6.07, 6.45) is -0.880. The molecule has 19 heavy (non-hydrogen) atoms. The van der Waals surface area contributed by atoms with Crippen molar-refractivity contribution in [2.75, 3.05) is 6.54 Å². The molecule has 1 atom stereocenters. The van der Waals surface area contributed by atoms with Crippen molar-refractivity contribution in [1.29, 1.82) is 0 Å². The number of β-amino-alcohol motifs (C(OH)–C–C–N with tert-alkyl or cyclic N) is 1.